The highest BCUT2D eigenvalue weighted by molar-refractivity contribution is 5.81. The van der Waals surface area contributed by atoms with Crippen LogP contribution in [0.5, 0.6) is 5.75 Å². The summed E-state index contributed by atoms with van der Waals surface area (Å²) in [7, 11) is 1.69. The smallest absolute Gasteiger partial charge is 0.490 e. The van der Waals surface area contributed by atoms with E-state index < -0.39 is 24.3 Å². The number of alkyl halides is 6. The molecule has 3 heterocycles. The number of nitrogens with one attached hydrogen (secondary N) is 1. The van der Waals surface area contributed by atoms with Gasteiger partial charge in [0, 0.05) is 49.9 Å². The van der Waals surface area contributed by atoms with Crippen LogP contribution in [0.15, 0.2) is 48.8 Å². The number of hydrogen-bond donors (Lipinski definition) is 3. The number of carboxylic acids is 2. The van der Waals surface area contributed by atoms with Gasteiger partial charge in [-0.25, -0.2) is 9.59 Å². The SMILES string of the molecule is COc1ccc(CN2CCC3(CC2)NC(=O)CC3c2cccnc2)cc1.O=C(O)C(F)(F)F.O=C(O)C(F)(F)F. The number of ether oxygens (including phenoxy) is 1. The van der Waals surface area contributed by atoms with Crippen LogP contribution in [0.2, 0.25) is 0 Å². The van der Waals surface area contributed by atoms with E-state index in [9.17, 15) is 31.1 Å². The summed E-state index contributed by atoms with van der Waals surface area (Å²) in [6.45, 7) is 2.91. The third kappa shape index (κ3) is 9.39. The maximum Gasteiger partial charge on any atom is 0.490 e. The Morgan fingerprint density at radius 2 is 1.55 bits per heavy atom. The summed E-state index contributed by atoms with van der Waals surface area (Å²) in [6, 6.07) is 12.3. The molecule has 2 aliphatic heterocycles. The van der Waals surface area contributed by atoms with Gasteiger partial charge in [-0.05, 0) is 42.2 Å². The Hall–Kier alpha value is -3.88. The minimum Gasteiger partial charge on any atom is -0.497 e. The second-order valence-corrected chi connectivity index (χ2v) is 8.98. The topological polar surface area (TPSA) is 129 Å². The number of nitrogens with zero attached hydrogens (tertiary/aromatic N) is 2. The predicted octanol–water partition coefficient (Wildman–Crippen LogP) is 4.00. The third-order valence-electron chi connectivity index (χ3n) is 6.33. The van der Waals surface area contributed by atoms with Crippen molar-refractivity contribution >= 4 is 17.8 Å². The van der Waals surface area contributed by atoms with Crippen LogP contribution < -0.4 is 10.1 Å². The lowest BCUT2D eigenvalue weighted by Crippen LogP contribution is -2.53. The summed E-state index contributed by atoms with van der Waals surface area (Å²) in [5.41, 5.74) is 2.35. The van der Waals surface area contributed by atoms with Crippen LogP contribution >= 0.6 is 0 Å². The van der Waals surface area contributed by atoms with E-state index in [1.807, 2.05) is 24.4 Å². The van der Waals surface area contributed by atoms with Crippen molar-refractivity contribution in [2.45, 2.75) is 49.6 Å². The number of amides is 1. The summed E-state index contributed by atoms with van der Waals surface area (Å²) >= 11 is 0. The lowest BCUT2D eigenvalue weighted by atomic mass is 9.74. The molecular formula is C25H27F6N3O6. The molecular weight excluding hydrogens is 552 g/mol. The van der Waals surface area contributed by atoms with E-state index in [1.54, 1.807) is 13.3 Å². The Morgan fingerprint density at radius 3 is 1.98 bits per heavy atom. The van der Waals surface area contributed by atoms with Gasteiger partial charge in [-0.3, -0.25) is 14.7 Å². The van der Waals surface area contributed by atoms with Gasteiger partial charge in [-0.2, -0.15) is 26.3 Å². The number of methoxy groups -OCH3 is 1. The number of aromatic nitrogens is 1. The summed E-state index contributed by atoms with van der Waals surface area (Å²) in [5, 5.41) is 17.6. The predicted molar refractivity (Wildman–Crippen MR) is 127 cm³/mol. The number of carbonyl (C=O) groups is 3. The van der Waals surface area contributed by atoms with Gasteiger partial charge < -0.3 is 20.3 Å². The molecule has 3 N–H and O–H groups in total. The fourth-order valence-corrected chi connectivity index (χ4v) is 4.39. The highest BCUT2D eigenvalue weighted by atomic mass is 19.4. The number of aliphatic carboxylic acids is 2. The van der Waals surface area contributed by atoms with Crippen LogP contribution in [0.3, 0.4) is 0 Å². The maximum absolute atomic E-state index is 12.2. The van der Waals surface area contributed by atoms with E-state index in [-0.39, 0.29) is 17.4 Å². The number of piperidine rings is 1. The van der Waals surface area contributed by atoms with Gasteiger partial charge in [0.05, 0.1) is 7.11 Å². The van der Waals surface area contributed by atoms with Crippen molar-refractivity contribution in [3.63, 3.8) is 0 Å². The van der Waals surface area contributed by atoms with Gasteiger partial charge in [0.15, 0.2) is 0 Å². The largest absolute Gasteiger partial charge is 0.497 e. The van der Waals surface area contributed by atoms with Gasteiger partial charge in [-0.15, -0.1) is 0 Å². The maximum atomic E-state index is 12.2. The molecule has 1 unspecified atom stereocenters. The molecule has 1 amide bonds. The van der Waals surface area contributed by atoms with Crippen LogP contribution in [0.4, 0.5) is 26.3 Å². The normalized spacial score (nSPS) is 18.5. The van der Waals surface area contributed by atoms with Crippen molar-refractivity contribution in [1.29, 1.82) is 0 Å². The number of rotatable bonds is 4. The lowest BCUT2D eigenvalue weighted by molar-refractivity contribution is -0.193. The number of benzene rings is 1. The molecule has 0 radical (unpaired) electrons. The van der Waals surface area contributed by atoms with Crippen LogP contribution in [0, 0.1) is 0 Å². The molecule has 15 heteroatoms. The monoisotopic (exact) mass is 579 g/mol. The number of pyridine rings is 1. The zero-order valence-electron chi connectivity index (χ0n) is 21.1. The second-order valence-electron chi connectivity index (χ2n) is 8.98. The van der Waals surface area contributed by atoms with Crippen LogP contribution in [0.25, 0.3) is 0 Å². The highest BCUT2D eigenvalue weighted by Crippen LogP contribution is 2.43. The molecule has 40 heavy (non-hydrogen) atoms. The molecule has 2 fully saturated rings. The zero-order chi connectivity index (χ0) is 30.1. The molecule has 1 aromatic heterocycles. The van der Waals surface area contributed by atoms with Gasteiger partial charge >= 0.3 is 24.3 Å². The van der Waals surface area contributed by atoms with Gasteiger partial charge in [0.2, 0.25) is 5.91 Å². The van der Waals surface area contributed by atoms with Crippen molar-refractivity contribution in [3.05, 3.63) is 59.9 Å². The Balaban J connectivity index is 0.000000333. The minimum atomic E-state index is -5.08. The van der Waals surface area contributed by atoms with Crippen LogP contribution in [-0.4, -0.2) is 76.0 Å². The Bertz CT molecular complexity index is 1110. The fourth-order valence-electron chi connectivity index (χ4n) is 4.39. The lowest BCUT2D eigenvalue weighted by Gasteiger charge is -2.43. The summed E-state index contributed by atoms with van der Waals surface area (Å²) in [5.74, 6) is -4.23. The zero-order valence-corrected chi connectivity index (χ0v) is 21.1. The van der Waals surface area contributed by atoms with Crippen molar-refractivity contribution in [3.8, 4) is 5.75 Å². The quantitative estimate of drug-likeness (QED) is 0.464. The van der Waals surface area contributed by atoms with E-state index >= 15 is 0 Å². The van der Waals surface area contributed by atoms with E-state index in [2.05, 4.69) is 33.4 Å². The highest BCUT2D eigenvalue weighted by Gasteiger charge is 2.48. The molecule has 1 atom stereocenters. The molecule has 2 aliphatic rings. The molecule has 1 aromatic carbocycles. The molecule has 0 aliphatic carbocycles. The second kappa shape index (κ2) is 13.5. The summed E-state index contributed by atoms with van der Waals surface area (Å²) in [6.07, 6.45) is -3.93. The first kappa shape index (κ1) is 32.3. The average molecular weight is 579 g/mol. The average Bonchev–Trinajstić information content (AvgIpc) is 3.21. The molecule has 9 nitrogen and oxygen atoms in total. The number of likely N-dealkylation sites (tertiary alicyclic amines) is 1. The first-order chi connectivity index (χ1) is 18.6. The van der Waals surface area contributed by atoms with Crippen LogP contribution in [0.1, 0.15) is 36.3 Å². The van der Waals surface area contributed by atoms with Crippen molar-refractivity contribution in [2.24, 2.45) is 0 Å². The number of hydrogen-bond acceptors (Lipinski definition) is 6. The molecule has 220 valence electrons. The Kier molecular flexibility index (Phi) is 10.9. The first-order valence-corrected chi connectivity index (χ1v) is 11.7. The van der Waals surface area contributed by atoms with Gasteiger partial charge in [0.1, 0.15) is 5.75 Å². The molecule has 4 rings (SSSR count). The number of carboxylic acid groups (broad SMARTS) is 2. The molecule has 0 saturated carbocycles. The minimum absolute atomic E-state index is 0.115. The summed E-state index contributed by atoms with van der Waals surface area (Å²) in [4.78, 5) is 36.7. The van der Waals surface area contributed by atoms with Crippen molar-refractivity contribution in [1.82, 2.24) is 15.2 Å². The molecule has 2 aromatic rings. The fraction of sp³-hybridized carbons (Fsp3) is 0.440. The molecule has 1 spiro atoms. The Labute approximate surface area is 224 Å². The molecule has 2 saturated heterocycles. The van der Waals surface area contributed by atoms with Gasteiger partial charge in [0.25, 0.3) is 0 Å². The van der Waals surface area contributed by atoms with Crippen molar-refractivity contribution < 1.29 is 55.7 Å². The number of carbonyl (C=O) groups excluding carboxylic acids is 1. The van der Waals surface area contributed by atoms with E-state index in [0.717, 1.165) is 38.2 Å². The van der Waals surface area contributed by atoms with E-state index in [4.69, 9.17) is 24.5 Å². The van der Waals surface area contributed by atoms with E-state index in [0.29, 0.717) is 6.42 Å². The summed E-state index contributed by atoms with van der Waals surface area (Å²) < 4.78 is 68.7. The first-order valence-electron chi connectivity index (χ1n) is 11.7. The standard InChI is InChI=1S/C21H25N3O2.2C2HF3O2/c1-26-18-6-4-16(5-7-18)15-24-11-8-21(9-12-24)19(13-20(25)23-21)17-3-2-10-22-14-17;2*3-2(4,5)1(6)7/h2-7,10,14,19H,8-9,11-13,15H2,1H3,(H,23,25);2*(H,6,7). The third-order valence-corrected chi connectivity index (χ3v) is 6.33. The number of halogens is 6. The van der Waals surface area contributed by atoms with Crippen molar-refractivity contribution in [2.75, 3.05) is 20.2 Å². The van der Waals surface area contributed by atoms with Gasteiger partial charge in [-0.1, -0.05) is 18.2 Å². The molecule has 0 bridgehead atoms. The Morgan fingerprint density at radius 1 is 1.02 bits per heavy atom. The van der Waals surface area contributed by atoms with E-state index in [1.165, 1.54) is 11.1 Å². The van der Waals surface area contributed by atoms with Crippen LogP contribution in [-0.2, 0) is 20.9 Å².